The lowest BCUT2D eigenvalue weighted by Crippen LogP contribution is -1.98. The van der Waals surface area contributed by atoms with Gasteiger partial charge in [0.1, 0.15) is 11.9 Å². The molecule has 0 bridgehead atoms. The minimum Gasteiger partial charge on any atom is -0.282 e. The van der Waals surface area contributed by atoms with E-state index in [2.05, 4.69) is 0 Å². The molecule has 3 heteroatoms. The quantitative estimate of drug-likeness (QED) is 0.619. The second-order valence-electron chi connectivity index (χ2n) is 2.34. The van der Waals surface area contributed by atoms with Crippen LogP contribution >= 0.6 is 0 Å². The molecule has 0 aliphatic carbocycles. The van der Waals surface area contributed by atoms with Crippen molar-refractivity contribution in [3.8, 4) is 6.07 Å². The standard InChI is InChI=1S/C9H6FNO/c10-8-3-1-2-7(4-8)5-9(12)6-11/h1-4H,5H2. The number of benzene rings is 1. The molecule has 1 rings (SSSR count). The number of nitriles is 1. The smallest absolute Gasteiger partial charge is 0.236 e. The fourth-order valence-electron chi connectivity index (χ4n) is 0.872. The molecule has 0 unspecified atom stereocenters. The first-order chi connectivity index (χ1) is 5.72. The van der Waals surface area contributed by atoms with E-state index >= 15 is 0 Å². The Morgan fingerprint density at radius 3 is 2.92 bits per heavy atom. The average molecular weight is 163 g/mol. The Morgan fingerprint density at radius 1 is 1.58 bits per heavy atom. The summed E-state index contributed by atoms with van der Waals surface area (Å²) in [6, 6.07) is 7.13. The largest absolute Gasteiger partial charge is 0.282 e. The number of hydrogen-bond acceptors (Lipinski definition) is 2. The first kappa shape index (κ1) is 8.41. The molecule has 0 heterocycles. The molecule has 0 aliphatic heterocycles. The first-order valence-corrected chi connectivity index (χ1v) is 3.40. The van der Waals surface area contributed by atoms with Gasteiger partial charge in [-0.1, -0.05) is 12.1 Å². The van der Waals surface area contributed by atoms with Gasteiger partial charge in [0.25, 0.3) is 0 Å². The summed E-state index contributed by atoms with van der Waals surface area (Å²) in [6.07, 6.45) is -0.0196. The van der Waals surface area contributed by atoms with Crippen LogP contribution in [0, 0.1) is 17.1 Å². The molecule has 0 radical (unpaired) electrons. The van der Waals surface area contributed by atoms with E-state index in [9.17, 15) is 9.18 Å². The van der Waals surface area contributed by atoms with Gasteiger partial charge in [0.15, 0.2) is 0 Å². The second-order valence-corrected chi connectivity index (χ2v) is 2.34. The van der Waals surface area contributed by atoms with Gasteiger partial charge in [-0.05, 0) is 17.7 Å². The topological polar surface area (TPSA) is 40.9 Å². The lowest BCUT2D eigenvalue weighted by Gasteiger charge is -1.94. The van der Waals surface area contributed by atoms with E-state index in [1.165, 1.54) is 24.3 Å². The normalized spacial score (nSPS) is 9.00. The van der Waals surface area contributed by atoms with Crippen LogP contribution in [0.25, 0.3) is 0 Å². The van der Waals surface area contributed by atoms with Gasteiger partial charge in [0.05, 0.1) is 0 Å². The molecule has 0 saturated carbocycles. The van der Waals surface area contributed by atoms with E-state index in [1.807, 2.05) is 0 Å². The van der Waals surface area contributed by atoms with Crippen molar-refractivity contribution in [1.82, 2.24) is 0 Å². The molecule has 0 spiro atoms. The Bertz CT molecular complexity index is 341. The second kappa shape index (κ2) is 3.63. The molecule has 2 nitrogen and oxygen atoms in total. The highest BCUT2D eigenvalue weighted by molar-refractivity contribution is 5.94. The summed E-state index contributed by atoms with van der Waals surface area (Å²) < 4.78 is 12.5. The number of nitrogens with zero attached hydrogens (tertiary/aromatic N) is 1. The fraction of sp³-hybridized carbons (Fsp3) is 0.111. The van der Waals surface area contributed by atoms with E-state index in [0.29, 0.717) is 5.56 Å². The molecule has 1 aromatic rings. The third-order valence-electron chi connectivity index (χ3n) is 1.38. The maximum absolute atomic E-state index is 12.5. The zero-order valence-electron chi connectivity index (χ0n) is 6.25. The van der Waals surface area contributed by atoms with Crippen LogP contribution in [0.1, 0.15) is 5.56 Å². The van der Waals surface area contributed by atoms with E-state index in [1.54, 1.807) is 6.07 Å². The van der Waals surface area contributed by atoms with Crippen LogP contribution < -0.4 is 0 Å². The molecule has 0 aliphatic rings. The molecule has 0 fully saturated rings. The Hall–Kier alpha value is -1.69. The van der Waals surface area contributed by atoms with E-state index in [4.69, 9.17) is 5.26 Å². The average Bonchev–Trinajstić information content (AvgIpc) is 2.04. The third kappa shape index (κ3) is 2.17. The molecule has 12 heavy (non-hydrogen) atoms. The van der Waals surface area contributed by atoms with Crippen LogP contribution in [0.15, 0.2) is 24.3 Å². The van der Waals surface area contributed by atoms with Gasteiger partial charge in [0.2, 0.25) is 5.78 Å². The van der Waals surface area contributed by atoms with Crippen LogP contribution in [-0.4, -0.2) is 5.78 Å². The number of halogens is 1. The zero-order chi connectivity index (χ0) is 8.97. The number of rotatable bonds is 2. The monoisotopic (exact) mass is 163 g/mol. The summed E-state index contributed by atoms with van der Waals surface area (Å²) in [4.78, 5) is 10.6. The molecule has 1 aromatic carbocycles. The van der Waals surface area contributed by atoms with Crippen LogP contribution in [0.5, 0.6) is 0 Å². The van der Waals surface area contributed by atoms with Gasteiger partial charge in [-0.3, -0.25) is 4.79 Å². The number of hydrogen-bond donors (Lipinski definition) is 0. The Labute approximate surface area is 69.2 Å². The lowest BCUT2D eigenvalue weighted by molar-refractivity contribution is -0.113. The van der Waals surface area contributed by atoms with E-state index in [-0.39, 0.29) is 6.42 Å². The van der Waals surface area contributed by atoms with Gasteiger partial charge in [0, 0.05) is 6.42 Å². The van der Waals surface area contributed by atoms with Crippen molar-refractivity contribution in [3.63, 3.8) is 0 Å². The van der Waals surface area contributed by atoms with Crippen LogP contribution in [-0.2, 0) is 11.2 Å². The molecule has 0 amide bonds. The Morgan fingerprint density at radius 2 is 2.33 bits per heavy atom. The molecule has 0 atom stereocenters. The van der Waals surface area contributed by atoms with Crippen molar-refractivity contribution in [2.24, 2.45) is 0 Å². The van der Waals surface area contributed by atoms with Crippen molar-refractivity contribution in [2.75, 3.05) is 0 Å². The maximum Gasteiger partial charge on any atom is 0.236 e. The summed E-state index contributed by atoms with van der Waals surface area (Å²) >= 11 is 0. The lowest BCUT2D eigenvalue weighted by atomic mass is 10.1. The Kier molecular flexibility index (Phi) is 2.54. The molecule has 0 saturated heterocycles. The van der Waals surface area contributed by atoms with Gasteiger partial charge in [-0.25, -0.2) is 4.39 Å². The number of Topliss-reactive ketones (excluding diaryl/α,β-unsaturated/α-hetero) is 1. The van der Waals surface area contributed by atoms with Gasteiger partial charge >= 0.3 is 0 Å². The fourth-order valence-corrected chi connectivity index (χ4v) is 0.872. The van der Waals surface area contributed by atoms with Crippen molar-refractivity contribution in [2.45, 2.75) is 6.42 Å². The molecule has 60 valence electrons. The summed E-state index contributed by atoms with van der Waals surface area (Å²) in [7, 11) is 0. The molecule has 0 aromatic heterocycles. The summed E-state index contributed by atoms with van der Waals surface area (Å²) in [5.74, 6) is -0.946. The number of carbonyl (C=O) groups is 1. The highest BCUT2D eigenvalue weighted by atomic mass is 19.1. The Balaban J connectivity index is 2.78. The van der Waals surface area contributed by atoms with Crippen molar-refractivity contribution >= 4 is 5.78 Å². The van der Waals surface area contributed by atoms with E-state index < -0.39 is 11.6 Å². The zero-order valence-corrected chi connectivity index (χ0v) is 6.25. The molecular formula is C9H6FNO. The van der Waals surface area contributed by atoms with Crippen molar-refractivity contribution in [3.05, 3.63) is 35.6 Å². The first-order valence-electron chi connectivity index (χ1n) is 3.40. The summed E-state index contributed by atoms with van der Waals surface area (Å²) in [5, 5.41) is 8.17. The number of ketones is 1. The highest BCUT2D eigenvalue weighted by Crippen LogP contribution is 2.04. The molecule has 0 N–H and O–H groups in total. The third-order valence-corrected chi connectivity index (χ3v) is 1.38. The minimum atomic E-state index is -0.555. The highest BCUT2D eigenvalue weighted by Gasteiger charge is 2.01. The number of carbonyl (C=O) groups excluding carboxylic acids is 1. The molecular weight excluding hydrogens is 157 g/mol. The minimum absolute atomic E-state index is 0.0196. The SMILES string of the molecule is N#CC(=O)Cc1cccc(F)c1. The summed E-state index contributed by atoms with van der Waals surface area (Å²) in [6.45, 7) is 0. The maximum atomic E-state index is 12.5. The van der Waals surface area contributed by atoms with Gasteiger partial charge in [-0.2, -0.15) is 5.26 Å². The van der Waals surface area contributed by atoms with Crippen molar-refractivity contribution < 1.29 is 9.18 Å². The predicted molar refractivity (Wildman–Crippen MR) is 40.7 cm³/mol. The van der Waals surface area contributed by atoms with Crippen LogP contribution in [0.3, 0.4) is 0 Å². The predicted octanol–water partition coefficient (Wildman–Crippen LogP) is 1.46. The van der Waals surface area contributed by atoms with Crippen molar-refractivity contribution in [1.29, 1.82) is 5.26 Å². The van der Waals surface area contributed by atoms with Crippen LogP contribution in [0.2, 0.25) is 0 Å². The van der Waals surface area contributed by atoms with Crippen LogP contribution in [0.4, 0.5) is 4.39 Å². The summed E-state index contributed by atoms with van der Waals surface area (Å²) in [5.41, 5.74) is 0.529. The van der Waals surface area contributed by atoms with E-state index in [0.717, 1.165) is 0 Å². The van der Waals surface area contributed by atoms with Gasteiger partial charge < -0.3 is 0 Å². The van der Waals surface area contributed by atoms with Gasteiger partial charge in [-0.15, -0.1) is 0 Å².